The fourth-order valence-corrected chi connectivity index (χ4v) is 4.85. The van der Waals surface area contributed by atoms with Gasteiger partial charge in [0.15, 0.2) is 11.6 Å². The van der Waals surface area contributed by atoms with E-state index in [1.165, 1.54) is 10.4 Å². The van der Waals surface area contributed by atoms with E-state index in [9.17, 15) is 22.0 Å². The minimum absolute atomic E-state index is 0.168. The number of carbonyl (C=O) groups is 1. The number of amides is 1. The summed E-state index contributed by atoms with van der Waals surface area (Å²) in [5.74, 6) is -2.39. The summed E-state index contributed by atoms with van der Waals surface area (Å²) in [6.45, 7) is 6.79. The molecule has 1 aliphatic rings. The molecule has 0 saturated carbocycles. The van der Waals surface area contributed by atoms with Crippen LogP contribution in [0.25, 0.3) is 0 Å². The molecular weight excluding hydrogens is 412 g/mol. The van der Waals surface area contributed by atoms with Crippen molar-refractivity contribution in [3.05, 3.63) is 59.2 Å². The van der Waals surface area contributed by atoms with Gasteiger partial charge in [0, 0.05) is 37.9 Å². The van der Waals surface area contributed by atoms with E-state index in [1.54, 1.807) is 25.1 Å². The molecule has 1 fully saturated rings. The predicted octanol–water partition coefficient (Wildman–Crippen LogP) is 2.92. The Labute approximate surface area is 175 Å². The highest BCUT2D eigenvalue weighted by Gasteiger charge is 2.32. The quantitative estimate of drug-likeness (QED) is 0.781. The van der Waals surface area contributed by atoms with Crippen molar-refractivity contribution in [1.29, 1.82) is 0 Å². The van der Waals surface area contributed by atoms with E-state index < -0.39 is 27.7 Å². The Morgan fingerprint density at radius 1 is 0.967 bits per heavy atom. The molecule has 6 nitrogen and oxygen atoms in total. The molecule has 3 rings (SSSR count). The second-order valence-corrected chi connectivity index (χ2v) is 9.42. The van der Waals surface area contributed by atoms with Crippen LogP contribution >= 0.6 is 0 Å². The number of nitrogens with one attached hydrogen (secondary N) is 1. The van der Waals surface area contributed by atoms with Gasteiger partial charge in [-0.1, -0.05) is 6.07 Å². The third kappa shape index (κ3) is 4.69. The van der Waals surface area contributed by atoms with Gasteiger partial charge in [0.2, 0.25) is 15.9 Å². The van der Waals surface area contributed by atoms with Crippen LogP contribution in [0.3, 0.4) is 0 Å². The molecule has 0 aromatic heterocycles. The van der Waals surface area contributed by atoms with Gasteiger partial charge in [-0.3, -0.25) is 9.69 Å². The lowest BCUT2D eigenvalue weighted by atomic mass is 10.1. The highest BCUT2D eigenvalue weighted by molar-refractivity contribution is 7.89. The number of aryl methyl sites for hydroxylation is 2. The molecule has 1 unspecified atom stereocenters. The summed E-state index contributed by atoms with van der Waals surface area (Å²) in [4.78, 5) is 14.6. The molecule has 1 saturated heterocycles. The molecule has 0 spiro atoms. The first-order chi connectivity index (χ1) is 14.1. The number of piperazine rings is 1. The molecule has 0 bridgehead atoms. The third-order valence-corrected chi connectivity index (χ3v) is 7.40. The van der Waals surface area contributed by atoms with E-state index in [1.807, 2.05) is 18.7 Å². The molecule has 30 heavy (non-hydrogen) atoms. The SMILES string of the molecule is Cc1ccc(S(=O)(=O)N2CCN(C(C)C(=O)Nc3ccc(F)c(F)c3)CC2)cc1C. The number of benzene rings is 2. The molecular formula is C21H25F2N3O3S. The van der Waals surface area contributed by atoms with E-state index in [0.29, 0.717) is 13.1 Å². The summed E-state index contributed by atoms with van der Waals surface area (Å²) >= 11 is 0. The third-order valence-electron chi connectivity index (χ3n) is 5.50. The molecule has 2 aromatic rings. The Morgan fingerprint density at radius 3 is 2.23 bits per heavy atom. The van der Waals surface area contributed by atoms with Gasteiger partial charge >= 0.3 is 0 Å². The van der Waals surface area contributed by atoms with Crippen LogP contribution in [0.5, 0.6) is 0 Å². The van der Waals surface area contributed by atoms with Gasteiger partial charge in [0.1, 0.15) is 0 Å². The van der Waals surface area contributed by atoms with Crippen LogP contribution < -0.4 is 5.32 Å². The maximum atomic E-state index is 13.3. The van der Waals surface area contributed by atoms with Crippen LogP contribution in [-0.2, 0) is 14.8 Å². The molecule has 1 N–H and O–H groups in total. The lowest BCUT2D eigenvalue weighted by Gasteiger charge is -2.36. The van der Waals surface area contributed by atoms with Crippen molar-refractivity contribution < 1.29 is 22.0 Å². The molecule has 162 valence electrons. The summed E-state index contributed by atoms with van der Waals surface area (Å²) in [5, 5.41) is 2.57. The van der Waals surface area contributed by atoms with E-state index in [2.05, 4.69) is 5.32 Å². The summed E-state index contributed by atoms with van der Waals surface area (Å²) in [6.07, 6.45) is 0. The van der Waals surface area contributed by atoms with Gasteiger partial charge in [-0.25, -0.2) is 17.2 Å². The van der Waals surface area contributed by atoms with E-state index in [0.717, 1.165) is 23.3 Å². The van der Waals surface area contributed by atoms with Crippen molar-refractivity contribution in [2.75, 3.05) is 31.5 Å². The molecule has 9 heteroatoms. The topological polar surface area (TPSA) is 69.7 Å². The minimum Gasteiger partial charge on any atom is -0.325 e. The number of nitrogens with zero attached hydrogens (tertiary/aromatic N) is 2. The molecule has 1 atom stereocenters. The van der Waals surface area contributed by atoms with Crippen molar-refractivity contribution in [1.82, 2.24) is 9.21 Å². The Morgan fingerprint density at radius 2 is 1.63 bits per heavy atom. The largest absolute Gasteiger partial charge is 0.325 e. The monoisotopic (exact) mass is 437 g/mol. The van der Waals surface area contributed by atoms with Crippen molar-refractivity contribution >= 4 is 21.6 Å². The second kappa shape index (κ2) is 8.79. The highest BCUT2D eigenvalue weighted by Crippen LogP contribution is 2.21. The van der Waals surface area contributed by atoms with Crippen LogP contribution in [0.15, 0.2) is 41.3 Å². The molecule has 0 radical (unpaired) electrons. The zero-order valence-corrected chi connectivity index (χ0v) is 18.0. The van der Waals surface area contributed by atoms with E-state index in [4.69, 9.17) is 0 Å². The molecule has 1 amide bonds. The van der Waals surface area contributed by atoms with Gasteiger partial charge in [0.25, 0.3) is 0 Å². The summed E-state index contributed by atoms with van der Waals surface area (Å²) in [6, 6.07) is 7.70. The van der Waals surface area contributed by atoms with Crippen LogP contribution in [0.4, 0.5) is 14.5 Å². The van der Waals surface area contributed by atoms with Crippen LogP contribution in [0.1, 0.15) is 18.1 Å². The molecule has 1 heterocycles. The molecule has 1 aliphatic heterocycles. The van der Waals surface area contributed by atoms with Crippen LogP contribution in [0, 0.1) is 25.5 Å². The summed E-state index contributed by atoms with van der Waals surface area (Å²) in [5.41, 5.74) is 2.11. The number of rotatable bonds is 5. The Hall–Kier alpha value is -2.36. The van der Waals surface area contributed by atoms with Crippen molar-refractivity contribution in [3.8, 4) is 0 Å². The molecule has 2 aromatic carbocycles. The van der Waals surface area contributed by atoms with Gasteiger partial charge < -0.3 is 5.32 Å². The summed E-state index contributed by atoms with van der Waals surface area (Å²) in [7, 11) is -3.60. The second-order valence-electron chi connectivity index (χ2n) is 7.48. The number of carbonyl (C=O) groups excluding carboxylic acids is 1. The first kappa shape index (κ1) is 22.3. The normalized spacial score (nSPS) is 17.0. The number of hydrogen-bond donors (Lipinski definition) is 1. The van der Waals surface area contributed by atoms with E-state index in [-0.39, 0.29) is 29.6 Å². The van der Waals surface area contributed by atoms with Crippen LogP contribution in [0.2, 0.25) is 0 Å². The first-order valence-corrected chi connectivity index (χ1v) is 11.1. The van der Waals surface area contributed by atoms with Gasteiger partial charge in [0.05, 0.1) is 10.9 Å². The van der Waals surface area contributed by atoms with Gasteiger partial charge in [-0.05, 0) is 56.2 Å². The first-order valence-electron chi connectivity index (χ1n) is 9.67. The smallest absolute Gasteiger partial charge is 0.243 e. The number of anilines is 1. The minimum atomic E-state index is -3.60. The number of halogens is 2. The highest BCUT2D eigenvalue weighted by atomic mass is 32.2. The van der Waals surface area contributed by atoms with Crippen molar-refractivity contribution in [2.24, 2.45) is 0 Å². The standard InChI is InChI=1S/C21H25F2N3O3S/c1-14-4-6-18(12-15(14)2)30(28,29)26-10-8-25(9-11-26)16(3)21(27)24-17-5-7-19(22)20(23)13-17/h4-7,12-13,16H,8-11H2,1-3H3,(H,24,27). The Bertz CT molecular complexity index is 1050. The zero-order chi connectivity index (χ0) is 22.1. The Balaban J connectivity index is 1.61. The van der Waals surface area contributed by atoms with Crippen molar-refractivity contribution in [3.63, 3.8) is 0 Å². The number of sulfonamides is 1. The van der Waals surface area contributed by atoms with Crippen LogP contribution in [-0.4, -0.2) is 55.8 Å². The average molecular weight is 438 g/mol. The van der Waals surface area contributed by atoms with Gasteiger partial charge in [-0.15, -0.1) is 0 Å². The lowest BCUT2D eigenvalue weighted by Crippen LogP contribution is -2.53. The zero-order valence-electron chi connectivity index (χ0n) is 17.2. The Kier molecular flexibility index (Phi) is 6.54. The predicted molar refractivity (Wildman–Crippen MR) is 111 cm³/mol. The van der Waals surface area contributed by atoms with Gasteiger partial charge in [-0.2, -0.15) is 4.31 Å². The summed E-state index contributed by atoms with van der Waals surface area (Å²) < 4.78 is 53.6. The lowest BCUT2D eigenvalue weighted by molar-refractivity contribution is -0.121. The van der Waals surface area contributed by atoms with Crippen molar-refractivity contribution in [2.45, 2.75) is 31.7 Å². The molecule has 0 aliphatic carbocycles. The fraction of sp³-hybridized carbons (Fsp3) is 0.381. The fourth-order valence-electron chi connectivity index (χ4n) is 3.34. The average Bonchev–Trinajstić information content (AvgIpc) is 2.72. The number of hydrogen-bond acceptors (Lipinski definition) is 4. The maximum Gasteiger partial charge on any atom is 0.243 e. The van der Waals surface area contributed by atoms with E-state index >= 15 is 0 Å². The maximum absolute atomic E-state index is 13.3.